The Labute approximate surface area is 119 Å². The van der Waals surface area contributed by atoms with Crippen molar-refractivity contribution < 1.29 is 0 Å². The lowest BCUT2D eigenvalue weighted by atomic mass is 9.96. The highest BCUT2D eigenvalue weighted by Gasteiger charge is 2.21. The van der Waals surface area contributed by atoms with Gasteiger partial charge < -0.3 is 10.2 Å². The molecule has 2 rings (SSSR count). The number of nitrogens with zero attached hydrogens (tertiary/aromatic N) is 1. The Hall–Kier alpha value is -0.540. The molecule has 0 aliphatic carbocycles. The van der Waals surface area contributed by atoms with Crippen LogP contribution < -0.4 is 5.32 Å². The molecule has 0 fully saturated rings. The fourth-order valence-electron chi connectivity index (χ4n) is 2.71. The molecular formula is C15H23BrN2. The summed E-state index contributed by atoms with van der Waals surface area (Å²) < 4.78 is 1.21. The summed E-state index contributed by atoms with van der Waals surface area (Å²) in [7, 11) is 0. The lowest BCUT2D eigenvalue weighted by Crippen LogP contribution is -2.38. The van der Waals surface area contributed by atoms with E-state index in [4.69, 9.17) is 0 Å². The highest BCUT2D eigenvalue weighted by molar-refractivity contribution is 9.10. The van der Waals surface area contributed by atoms with E-state index < -0.39 is 0 Å². The summed E-state index contributed by atoms with van der Waals surface area (Å²) in [5, 5.41) is 3.70. The number of hydrogen-bond acceptors (Lipinski definition) is 2. The Balaban J connectivity index is 2.10. The fraction of sp³-hybridized carbons (Fsp3) is 0.600. The molecule has 0 bridgehead atoms. The molecular weight excluding hydrogens is 288 g/mol. The summed E-state index contributed by atoms with van der Waals surface area (Å²) in [6.07, 6.45) is 2.42. The van der Waals surface area contributed by atoms with E-state index in [1.165, 1.54) is 34.1 Å². The normalized spacial score (nSPS) is 18.6. The van der Waals surface area contributed by atoms with Crippen LogP contribution in [0.3, 0.4) is 0 Å². The van der Waals surface area contributed by atoms with Crippen molar-refractivity contribution in [3.8, 4) is 0 Å². The molecule has 1 atom stereocenters. The van der Waals surface area contributed by atoms with Gasteiger partial charge in [0.05, 0.1) is 5.69 Å². The molecule has 1 aromatic rings. The average molecular weight is 311 g/mol. The number of benzene rings is 1. The number of anilines is 1. The molecule has 1 aliphatic rings. The molecule has 0 saturated carbocycles. The van der Waals surface area contributed by atoms with Crippen molar-refractivity contribution in [3.63, 3.8) is 0 Å². The monoisotopic (exact) mass is 310 g/mol. The van der Waals surface area contributed by atoms with Gasteiger partial charge in [-0.25, -0.2) is 0 Å². The van der Waals surface area contributed by atoms with E-state index in [1.54, 1.807) is 0 Å². The molecule has 0 aromatic heterocycles. The van der Waals surface area contributed by atoms with E-state index in [-0.39, 0.29) is 0 Å². The Kier molecular flexibility index (Phi) is 4.68. The smallest absolute Gasteiger partial charge is 0.0519 e. The molecule has 0 saturated heterocycles. The van der Waals surface area contributed by atoms with Crippen LogP contribution in [0.25, 0.3) is 0 Å². The predicted octanol–water partition coefficient (Wildman–Crippen LogP) is 3.83. The largest absolute Gasteiger partial charge is 0.380 e. The Morgan fingerprint density at radius 3 is 2.72 bits per heavy atom. The first kappa shape index (κ1) is 13.9. The van der Waals surface area contributed by atoms with Crippen molar-refractivity contribution >= 4 is 21.6 Å². The average Bonchev–Trinajstić information content (AvgIpc) is 2.36. The molecule has 0 unspecified atom stereocenters. The third kappa shape index (κ3) is 3.07. The second kappa shape index (κ2) is 6.07. The molecule has 2 nitrogen and oxygen atoms in total. The molecule has 0 radical (unpaired) electrons. The van der Waals surface area contributed by atoms with Crippen molar-refractivity contribution in [2.75, 3.05) is 25.0 Å². The Bertz CT molecular complexity index is 413. The summed E-state index contributed by atoms with van der Waals surface area (Å²) in [4.78, 5) is 2.49. The number of likely N-dealkylation sites (N-methyl/N-ethyl adjacent to an activating group) is 1. The van der Waals surface area contributed by atoms with Gasteiger partial charge in [-0.2, -0.15) is 0 Å². The Morgan fingerprint density at radius 1 is 1.33 bits per heavy atom. The summed E-state index contributed by atoms with van der Waals surface area (Å²) >= 11 is 3.68. The molecule has 1 aromatic carbocycles. The van der Waals surface area contributed by atoms with Crippen molar-refractivity contribution in [3.05, 3.63) is 27.7 Å². The van der Waals surface area contributed by atoms with E-state index in [9.17, 15) is 0 Å². The van der Waals surface area contributed by atoms with Gasteiger partial charge in [0.2, 0.25) is 0 Å². The first-order chi connectivity index (χ1) is 8.63. The molecule has 18 heavy (non-hydrogen) atoms. The zero-order valence-electron chi connectivity index (χ0n) is 11.6. The van der Waals surface area contributed by atoms with Gasteiger partial charge in [-0.1, -0.05) is 19.9 Å². The van der Waals surface area contributed by atoms with Gasteiger partial charge in [0.25, 0.3) is 0 Å². The number of fused-ring (bicyclic) bond motifs is 1. The fourth-order valence-corrected chi connectivity index (χ4v) is 3.44. The summed E-state index contributed by atoms with van der Waals surface area (Å²) in [6.45, 7) is 10.0. The first-order valence-electron chi connectivity index (χ1n) is 6.92. The van der Waals surface area contributed by atoms with E-state index in [1.807, 2.05) is 0 Å². The van der Waals surface area contributed by atoms with Crippen LogP contribution in [0.5, 0.6) is 0 Å². The van der Waals surface area contributed by atoms with Gasteiger partial charge in [0.15, 0.2) is 0 Å². The zero-order valence-corrected chi connectivity index (χ0v) is 13.2. The van der Waals surface area contributed by atoms with Gasteiger partial charge in [-0.3, -0.25) is 0 Å². The van der Waals surface area contributed by atoms with E-state index >= 15 is 0 Å². The van der Waals surface area contributed by atoms with Crippen molar-refractivity contribution in [1.82, 2.24) is 4.90 Å². The minimum Gasteiger partial charge on any atom is -0.380 e. The van der Waals surface area contributed by atoms with Crippen molar-refractivity contribution in [2.45, 2.75) is 39.7 Å². The van der Waals surface area contributed by atoms with Crippen molar-refractivity contribution in [1.29, 1.82) is 0 Å². The van der Waals surface area contributed by atoms with Gasteiger partial charge in [-0.15, -0.1) is 0 Å². The molecule has 100 valence electrons. The molecule has 0 amide bonds. The number of nitrogens with one attached hydrogen (secondary N) is 1. The number of aryl methyl sites for hydroxylation is 2. The SMILES string of the molecule is CCN(CC)C[C@@H]1CCc2cc(C)cc(Br)c2N1. The predicted molar refractivity (Wildman–Crippen MR) is 82.4 cm³/mol. The van der Waals surface area contributed by atoms with E-state index in [2.05, 4.69) is 59.1 Å². The molecule has 1 heterocycles. The van der Waals surface area contributed by atoms with E-state index in [0.717, 1.165) is 19.6 Å². The maximum Gasteiger partial charge on any atom is 0.0519 e. The maximum absolute atomic E-state index is 3.70. The quantitative estimate of drug-likeness (QED) is 0.909. The van der Waals surface area contributed by atoms with Gasteiger partial charge >= 0.3 is 0 Å². The van der Waals surface area contributed by atoms with Crippen LogP contribution >= 0.6 is 15.9 Å². The van der Waals surface area contributed by atoms with Crippen LogP contribution in [0.4, 0.5) is 5.69 Å². The standard InChI is InChI=1S/C15H23BrN2/c1-4-18(5-2)10-13-7-6-12-8-11(3)9-14(16)15(12)17-13/h8-9,13,17H,4-7,10H2,1-3H3/t13-/m0/s1. The highest BCUT2D eigenvalue weighted by atomic mass is 79.9. The van der Waals surface area contributed by atoms with Gasteiger partial charge in [0, 0.05) is 17.1 Å². The minimum absolute atomic E-state index is 0.580. The highest BCUT2D eigenvalue weighted by Crippen LogP contribution is 2.33. The van der Waals surface area contributed by atoms with Crippen LogP contribution in [0.2, 0.25) is 0 Å². The minimum atomic E-state index is 0.580. The summed E-state index contributed by atoms with van der Waals surface area (Å²) in [5.74, 6) is 0. The zero-order chi connectivity index (χ0) is 13.1. The molecule has 0 spiro atoms. The van der Waals surface area contributed by atoms with Crippen LogP contribution in [-0.2, 0) is 6.42 Å². The summed E-state index contributed by atoms with van der Waals surface area (Å²) in [6, 6.07) is 5.09. The van der Waals surface area contributed by atoms with Gasteiger partial charge in [0.1, 0.15) is 0 Å². The number of rotatable bonds is 4. The van der Waals surface area contributed by atoms with Gasteiger partial charge in [-0.05, 0) is 66.0 Å². The van der Waals surface area contributed by atoms with E-state index in [0.29, 0.717) is 6.04 Å². The lowest BCUT2D eigenvalue weighted by Gasteiger charge is -2.32. The van der Waals surface area contributed by atoms with Crippen LogP contribution in [-0.4, -0.2) is 30.6 Å². The van der Waals surface area contributed by atoms with Crippen molar-refractivity contribution in [2.24, 2.45) is 0 Å². The second-order valence-electron chi connectivity index (χ2n) is 5.15. The molecule has 1 aliphatic heterocycles. The molecule has 3 heteroatoms. The second-order valence-corrected chi connectivity index (χ2v) is 6.00. The first-order valence-corrected chi connectivity index (χ1v) is 7.71. The third-order valence-electron chi connectivity index (χ3n) is 3.80. The van der Waals surface area contributed by atoms with Crippen LogP contribution in [0.1, 0.15) is 31.4 Å². The number of halogens is 1. The lowest BCUT2D eigenvalue weighted by molar-refractivity contribution is 0.283. The maximum atomic E-state index is 3.70. The third-order valence-corrected chi connectivity index (χ3v) is 4.43. The van der Waals surface area contributed by atoms with Crippen LogP contribution in [0.15, 0.2) is 16.6 Å². The Morgan fingerprint density at radius 2 is 2.06 bits per heavy atom. The van der Waals surface area contributed by atoms with Crippen LogP contribution in [0, 0.1) is 6.92 Å². The number of hydrogen-bond donors (Lipinski definition) is 1. The topological polar surface area (TPSA) is 15.3 Å². The molecule has 1 N–H and O–H groups in total. The summed E-state index contributed by atoms with van der Waals surface area (Å²) in [5.41, 5.74) is 4.10.